The molecule has 0 aromatic carbocycles. The summed E-state index contributed by atoms with van der Waals surface area (Å²) in [4.78, 5) is 23.2. The van der Waals surface area contributed by atoms with Crippen molar-refractivity contribution in [1.29, 1.82) is 0 Å². The molecular formula is C13H21NO4. The van der Waals surface area contributed by atoms with Crippen molar-refractivity contribution in [2.45, 2.75) is 45.1 Å². The maximum Gasteiger partial charge on any atom is 0.311 e. The summed E-state index contributed by atoms with van der Waals surface area (Å²) >= 11 is 0. The van der Waals surface area contributed by atoms with Crippen molar-refractivity contribution in [2.75, 3.05) is 13.2 Å². The first-order valence-electron chi connectivity index (χ1n) is 6.72. The number of hydrogen-bond donors (Lipinski definition) is 2. The van der Waals surface area contributed by atoms with Crippen molar-refractivity contribution in [3.05, 3.63) is 0 Å². The number of carbonyl (C=O) groups excluding carboxylic acids is 1. The first-order valence-corrected chi connectivity index (χ1v) is 6.72. The molecule has 0 radical (unpaired) electrons. The van der Waals surface area contributed by atoms with E-state index in [1.54, 1.807) is 0 Å². The van der Waals surface area contributed by atoms with Gasteiger partial charge in [-0.3, -0.25) is 9.59 Å². The lowest BCUT2D eigenvalue weighted by Gasteiger charge is -2.37. The van der Waals surface area contributed by atoms with Crippen LogP contribution in [0.1, 0.15) is 39.0 Å². The highest BCUT2D eigenvalue weighted by Crippen LogP contribution is 2.40. The van der Waals surface area contributed by atoms with Gasteiger partial charge in [0, 0.05) is 13.2 Å². The van der Waals surface area contributed by atoms with E-state index >= 15 is 0 Å². The number of amides is 1. The largest absolute Gasteiger partial charge is 0.481 e. The molecular weight excluding hydrogens is 234 g/mol. The van der Waals surface area contributed by atoms with Gasteiger partial charge >= 0.3 is 5.97 Å². The zero-order valence-corrected chi connectivity index (χ0v) is 10.8. The SMILES string of the molecule is CCC1OCCC1C(=O)NCC1(C(=O)O)CCC1. The summed E-state index contributed by atoms with van der Waals surface area (Å²) in [5.74, 6) is -0.948. The number of aliphatic carboxylic acids is 1. The highest BCUT2D eigenvalue weighted by atomic mass is 16.5. The highest BCUT2D eigenvalue weighted by Gasteiger charge is 2.45. The summed E-state index contributed by atoms with van der Waals surface area (Å²) < 4.78 is 5.48. The Morgan fingerprint density at radius 2 is 2.17 bits per heavy atom. The first kappa shape index (κ1) is 13.3. The molecule has 1 aliphatic carbocycles. The third-order valence-corrected chi connectivity index (χ3v) is 4.31. The third-order valence-electron chi connectivity index (χ3n) is 4.31. The molecule has 2 aliphatic rings. The number of ether oxygens (including phenoxy) is 1. The fraction of sp³-hybridized carbons (Fsp3) is 0.846. The van der Waals surface area contributed by atoms with Gasteiger partial charge in [-0.1, -0.05) is 13.3 Å². The van der Waals surface area contributed by atoms with Gasteiger partial charge in [0.2, 0.25) is 5.91 Å². The molecule has 5 heteroatoms. The third kappa shape index (κ3) is 2.36. The second-order valence-electron chi connectivity index (χ2n) is 5.37. The van der Waals surface area contributed by atoms with E-state index in [1.807, 2.05) is 6.92 Å². The van der Waals surface area contributed by atoms with Gasteiger partial charge in [0.05, 0.1) is 17.4 Å². The molecule has 18 heavy (non-hydrogen) atoms. The lowest BCUT2D eigenvalue weighted by atomic mass is 9.68. The first-order chi connectivity index (χ1) is 8.59. The molecule has 1 amide bonds. The second kappa shape index (κ2) is 5.26. The molecule has 2 N–H and O–H groups in total. The van der Waals surface area contributed by atoms with Crippen molar-refractivity contribution >= 4 is 11.9 Å². The summed E-state index contributed by atoms with van der Waals surface area (Å²) in [6.07, 6.45) is 3.83. The summed E-state index contributed by atoms with van der Waals surface area (Å²) in [5, 5.41) is 12.0. The van der Waals surface area contributed by atoms with E-state index in [0.29, 0.717) is 19.4 Å². The Bertz CT molecular complexity index is 338. The molecule has 2 rings (SSSR count). The molecule has 2 unspecified atom stereocenters. The maximum absolute atomic E-state index is 12.0. The van der Waals surface area contributed by atoms with Gasteiger partial charge in [0.1, 0.15) is 0 Å². The minimum atomic E-state index is -0.788. The van der Waals surface area contributed by atoms with Crippen LogP contribution in [0.4, 0.5) is 0 Å². The Morgan fingerprint density at radius 3 is 2.67 bits per heavy atom. The molecule has 0 aromatic heterocycles. The van der Waals surface area contributed by atoms with Gasteiger partial charge in [-0.25, -0.2) is 0 Å². The minimum absolute atomic E-state index is 0.00725. The van der Waals surface area contributed by atoms with Crippen LogP contribution in [-0.4, -0.2) is 36.2 Å². The normalized spacial score (nSPS) is 29.6. The van der Waals surface area contributed by atoms with Crippen LogP contribution < -0.4 is 5.32 Å². The highest BCUT2D eigenvalue weighted by molar-refractivity contribution is 5.81. The molecule has 5 nitrogen and oxygen atoms in total. The summed E-state index contributed by atoms with van der Waals surface area (Å²) in [5.41, 5.74) is -0.711. The molecule has 102 valence electrons. The Hall–Kier alpha value is -1.10. The summed E-state index contributed by atoms with van der Waals surface area (Å²) in [6, 6.07) is 0. The van der Waals surface area contributed by atoms with Gasteiger partial charge in [-0.05, 0) is 25.7 Å². The quantitative estimate of drug-likeness (QED) is 0.773. The average molecular weight is 255 g/mol. The van der Waals surface area contributed by atoms with E-state index in [2.05, 4.69) is 5.32 Å². The Labute approximate surface area is 107 Å². The van der Waals surface area contributed by atoms with E-state index in [-0.39, 0.29) is 24.5 Å². The molecule has 2 atom stereocenters. The Morgan fingerprint density at radius 1 is 1.44 bits per heavy atom. The van der Waals surface area contributed by atoms with Crippen molar-refractivity contribution < 1.29 is 19.4 Å². The van der Waals surface area contributed by atoms with Gasteiger partial charge in [-0.15, -0.1) is 0 Å². The molecule has 0 spiro atoms. The van der Waals surface area contributed by atoms with Crippen LogP contribution in [0, 0.1) is 11.3 Å². The molecule has 0 aromatic rings. The Balaban J connectivity index is 1.86. The van der Waals surface area contributed by atoms with E-state index in [4.69, 9.17) is 4.74 Å². The van der Waals surface area contributed by atoms with E-state index in [0.717, 1.165) is 19.3 Å². The van der Waals surface area contributed by atoms with Crippen molar-refractivity contribution in [3.63, 3.8) is 0 Å². The summed E-state index contributed by atoms with van der Waals surface area (Å²) in [6.45, 7) is 2.88. The van der Waals surface area contributed by atoms with Crippen LogP contribution in [0.2, 0.25) is 0 Å². The number of carboxylic acid groups (broad SMARTS) is 1. The Kier molecular flexibility index (Phi) is 3.90. The number of carboxylic acids is 1. The fourth-order valence-corrected chi connectivity index (χ4v) is 2.81. The molecule has 0 bridgehead atoms. The van der Waals surface area contributed by atoms with Gasteiger partial charge in [-0.2, -0.15) is 0 Å². The minimum Gasteiger partial charge on any atom is -0.481 e. The smallest absolute Gasteiger partial charge is 0.311 e. The molecule has 1 saturated heterocycles. The number of rotatable bonds is 5. The van der Waals surface area contributed by atoms with Crippen molar-refractivity contribution in [1.82, 2.24) is 5.32 Å². The van der Waals surface area contributed by atoms with E-state index < -0.39 is 11.4 Å². The predicted octanol–water partition coefficient (Wildman–Crippen LogP) is 1.17. The zero-order valence-electron chi connectivity index (χ0n) is 10.8. The average Bonchev–Trinajstić information content (AvgIpc) is 2.74. The zero-order chi connectivity index (χ0) is 13.2. The fourth-order valence-electron chi connectivity index (χ4n) is 2.81. The molecule has 1 aliphatic heterocycles. The second-order valence-corrected chi connectivity index (χ2v) is 5.37. The van der Waals surface area contributed by atoms with Crippen LogP contribution in [0.15, 0.2) is 0 Å². The van der Waals surface area contributed by atoms with E-state index in [9.17, 15) is 14.7 Å². The topological polar surface area (TPSA) is 75.6 Å². The predicted molar refractivity (Wildman–Crippen MR) is 65.1 cm³/mol. The number of carbonyl (C=O) groups is 2. The number of nitrogens with one attached hydrogen (secondary N) is 1. The number of hydrogen-bond acceptors (Lipinski definition) is 3. The molecule has 1 saturated carbocycles. The lowest BCUT2D eigenvalue weighted by molar-refractivity contribution is -0.154. The van der Waals surface area contributed by atoms with Crippen LogP contribution >= 0.6 is 0 Å². The van der Waals surface area contributed by atoms with Crippen LogP contribution in [0.25, 0.3) is 0 Å². The molecule has 1 heterocycles. The van der Waals surface area contributed by atoms with Crippen LogP contribution in [0.3, 0.4) is 0 Å². The van der Waals surface area contributed by atoms with Gasteiger partial charge < -0.3 is 15.2 Å². The van der Waals surface area contributed by atoms with E-state index in [1.165, 1.54) is 0 Å². The van der Waals surface area contributed by atoms with Crippen molar-refractivity contribution in [2.24, 2.45) is 11.3 Å². The summed E-state index contributed by atoms with van der Waals surface area (Å²) in [7, 11) is 0. The van der Waals surface area contributed by atoms with Gasteiger partial charge in [0.25, 0.3) is 0 Å². The van der Waals surface area contributed by atoms with Crippen LogP contribution in [-0.2, 0) is 14.3 Å². The van der Waals surface area contributed by atoms with Crippen molar-refractivity contribution in [3.8, 4) is 0 Å². The monoisotopic (exact) mass is 255 g/mol. The standard InChI is InChI=1S/C13H21NO4/c1-2-10-9(4-7-18-10)11(15)14-8-13(12(16)17)5-3-6-13/h9-10H,2-8H2,1H3,(H,14,15)(H,16,17). The maximum atomic E-state index is 12.0. The molecule has 2 fully saturated rings. The van der Waals surface area contributed by atoms with Crippen LogP contribution in [0.5, 0.6) is 0 Å². The lowest BCUT2D eigenvalue weighted by Crippen LogP contribution is -2.49. The van der Waals surface area contributed by atoms with Gasteiger partial charge in [0.15, 0.2) is 0 Å².